The van der Waals surface area contributed by atoms with E-state index in [9.17, 15) is 9.59 Å². The predicted molar refractivity (Wildman–Crippen MR) is 84.1 cm³/mol. The summed E-state index contributed by atoms with van der Waals surface area (Å²) < 4.78 is 6.27. The van der Waals surface area contributed by atoms with Gasteiger partial charge in [-0.3, -0.25) is 4.79 Å². The number of carboxylic acid groups (broad SMARTS) is 1. The minimum atomic E-state index is -1.08. The summed E-state index contributed by atoms with van der Waals surface area (Å²) in [5.74, 6) is -1.13. The van der Waals surface area contributed by atoms with Gasteiger partial charge < -0.3 is 15.2 Å². The highest BCUT2D eigenvalue weighted by atomic mass is 127. The Morgan fingerprint density at radius 1 is 1.40 bits per heavy atom. The van der Waals surface area contributed by atoms with Gasteiger partial charge in [-0.05, 0) is 61.1 Å². The molecule has 1 rings (SSSR count). The van der Waals surface area contributed by atoms with Gasteiger partial charge in [0.15, 0.2) is 6.10 Å². The summed E-state index contributed by atoms with van der Waals surface area (Å²) in [6, 6.07) is 4.88. The number of carbonyl (C=O) groups excluding carboxylic acids is 1. The van der Waals surface area contributed by atoms with Crippen LogP contribution in [-0.4, -0.2) is 29.1 Å². The van der Waals surface area contributed by atoms with Crippen LogP contribution in [0, 0.1) is 3.57 Å². The molecule has 0 radical (unpaired) electrons. The molecule has 0 spiro atoms. The lowest BCUT2D eigenvalue weighted by Crippen LogP contribution is -2.41. The van der Waals surface area contributed by atoms with E-state index in [0.717, 1.165) is 9.99 Å². The Hall–Kier alpha value is -1.31. The molecular weight excluding hydrogens is 373 g/mol. The molecule has 0 aliphatic rings. The third kappa shape index (κ3) is 4.66. The number of halogens is 1. The first kappa shape index (κ1) is 16.7. The smallest absolute Gasteiger partial charge is 0.339 e. The second kappa shape index (κ2) is 7.47. The number of carbonyl (C=O) groups is 2. The van der Waals surface area contributed by atoms with Gasteiger partial charge in [-0.25, -0.2) is 4.79 Å². The normalized spacial score (nSPS) is 13.4. The molecule has 2 unspecified atom stereocenters. The van der Waals surface area contributed by atoms with Crippen LogP contribution in [0.2, 0.25) is 0 Å². The van der Waals surface area contributed by atoms with Crippen molar-refractivity contribution < 1.29 is 19.4 Å². The zero-order chi connectivity index (χ0) is 15.3. The van der Waals surface area contributed by atoms with Crippen molar-refractivity contribution in [2.24, 2.45) is 0 Å². The van der Waals surface area contributed by atoms with E-state index >= 15 is 0 Å². The summed E-state index contributed by atoms with van der Waals surface area (Å²) in [6.45, 7) is 5.47. The van der Waals surface area contributed by atoms with Gasteiger partial charge in [0.1, 0.15) is 11.3 Å². The van der Waals surface area contributed by atoms with Gasteiger partial charge in [0.25, 0.3) is 5.91 Å². The molecule has 0 aliphatic heterocycles. The molecule has 1 amide bonds. The maximum absolute atomic E-state index is 11.9. The lowest BCUT2D eigenvalue weighted by atomic mass is 10.2. The lowest BCUT2D eigenvalue weighted by molar-refractivity contribution is -0.127. The van der Waals surface area contributed by atoms with Crippen LogP contribution in [0.25, 0.3) is 0 Å². The molecule has 0 saturated heterocycles. The molecule has 0 fully saturated rings. The van der Waals surface area contributed by atoms with Crippen LogP contribution in [0.4, 0.5) is 0 Å². The van der Waals surface area contributed by atoms with Crippen molar-refractivity contribution in [1.29, 1.82) is 0 Å². The molecule has 0 heterocycles. The van der Waals surface area contributed by atoms with Gasteiger partial charge in [0.2, 0.25) is 0 Å². The number of amides is 1. The van der Waals surface area contributed by atoms with Crippen molar-refractivity contribution >= 4 is 34.5 Å². The fourth-order valence-electron chi connectivity index (χ4n) is 1.48. The molecule has 2 atom stereocenters. The Morgan fingerprint density at radius 2 is 2.05 bits per heavy atom. The van der Waals surface area contributed by atoms with Crippen LogP contribution >= 0.6 is 22.6 Å². The summed E-state index contributed by atoms with van der Waals surface area (Å²) >= 11 is 2.03. The molecule has 20 heavy (non-hydrogen) atoms. The van der Waals surface area contributed by atoms with E-state index in [1.165, 1.54) is 6.07 Å². The monoisotopic (exact) mass is 391 g/mol. The summed E-state index contributed by atoms with van der Waals surface area (Å²) in [6.07, 6.45) is 0.0738. The maximum Gasteiger partial charge on any atom is 0.339 e. The number of hydrogen-bond acceptors (Lipinski definition) is 3. The van der Waals surface area contributed by atoms with Crippen LogP contribution in [0.3, 0.4) is 0 Å². The van der Waals surface area contributed by atoms with Crippen LogP contribution in [0.1, 0.15) is 37.6 Å². The molecule has 5 nitrogen and oxygen atoms in total. The zero-order valence-electron chi connectivity index (χ0n) is 11.6. The van der Waals surface area contributed by atoms with Gasteiger partial charge >= 0.3 is 5.97 Å². The van der Waals surface area contributed by atoms with E-state index in [0.29, 0.717) is 0 Å². The van der Waals surface area contributed by atoms with E-state index in [2.05, 4.69) is 5.32 Å². The van der Waals surface area contributed by atoms with Crippen molar-refractivity contribution in [2.45, 2.75) is 39.3 Å². The van der Waals surface area contributed by atoms with Crippen LogP contribution in [0.15, 0.2) is 18.2 Å². The molecule has 6 heteroatoms. The van der Waals surface area contributed by atoms with Crippen molar-refractivity contribution in [3.63, 3.8) is 0 Å². The van der Waals surface area contributed by atoms with Crippen LogP contribution < -0.4 is 10.1 Å². The Labute approximate surface area is 131 Å². The number of hydrogen-bond donors (Lipinski definition) is 2. The van der Waals surface area contributed by atoms with Gasteiger partial charge in [-0.15, -0.1) is 0 Å². The highest BCUT2D eigenvalue weighted by molar-refractivity contribution is 14.1. The molecular formula is C14H18INO4. The van der Waals surface area contributed by atoms with E-state index < -0.39 is 12.1 Å². The number of nitrogens with one attached hydrogen (secondary N) is 1. The minimum Gasteiger partial charge on any atom is -0.480 e. The lowest BCUT2D eigenvalue weighted by Gasteiger charge is -2.18. The largest absolute Gasteiger partial charge is 0.480 e. The SMILES string of the molecule is CCC(C)NC(=O)C(C)Oc1ccc(I)cc1C(=O)O. The fourth-order valence-corrected chi connectivity index (χ4v) is 1.97. The second-order valence-corrected chi connectivity index (χ2v) is 5.77. The van der Waals surface area contributed by atoms with Crippen molar-refractivity contribution in [3.05, 3.63) is 27.3 Å². The molecule has 110 valence electrons. The topological polar surface area (TPSA) is 75.6 Å². The molecule has 1 aromatic rings. The first-order chi connectivity index (χ1) is 9.35. The Kier molecular flexibility index (Phi) is 6.25. The van der Waals surface area contributed by atoms with E-state index in [1.807, 2.05) is 36.4 Å². The number of benzene rings is 1. The highest BCUT2D eigenvalue weighted by Gasteiger charge is 2.19. The Morgan fingerprint density at radius 3 is 2.60 bits per heavy atom. The van der Waals surface area contributed by atoms with Gasteiger partial charge in [0, 0.05) is 9.61 Å². The van der Waals surface area contributed by atoms with E-state index in [1.54, 1.807) is 19.1 Å². The van der Waals surface area contributed by atoms with Gasteiger partial charge in [0.05, 0.1) is 0 Å². The number of ether oxygens (including phenoxy) is 1. The number of carboxylic acids is 1. The molecule has 0 saturated carbocycles. The highest BCUT2D eigenvalue weighted by Crippen LogP contribution is 2.22. The second-order valence-electron chi connectivity index (χ2n) is 4.52. The van der Waals surface area contributed by atoms with E-state index in [-0.39, 0.29) is 23.3 Å². The maximum atomic E-state index is 11.9. The molecule has 0 aliphatic carbocycles. The molecule has 0 aromatic heterocycles. The van der Waals surface area contributed by atoms with Crippen molar-refractivity contribution in [3.8, 4) is 5.75 Å². The zero-order valence-corrected chi connectivity index (χ0v) is 13.8. The third-order valence-corrected chi connectivity index (χ3v) is 3.52. The average Bonchev–Trinajstić information content (AvgIpc) is 2.40. The molecule has 1 aromatic carbocycles. The first-order valence-corrected chi connectivity index (χ1v) is 7.42. The van der Waals surface area contributed by atoms with Gasteiger partial charge in [-0.2, -0.15) is 0 Å². The summed E-state index contributed by atoms with van der Waals surface area (Å²) in [4.78, 5) is 23.0. The van der Waals surface area contributed by atoms with Gasteiger partial charge in [-0.1, -0.05) is 6.92 Å². The average molecular weight is 391 g/mol. The number of aromatic carboxylic acids is 1. The minimum absolute atomic E-state index is 0.0556. The van der Waals surface area contributed by atoms with Crippen LogP contribution in [0.5, 0.6) is 5.75 Å². The first-order valence-electron chi connectivity index (χ1n) is 6.35. The Balaban J connectivity index is 2.82. The van der Waals surface area contributed by atoms with Crippen LogP contribution in [-0.2, 0) is 4.79 Å². The van der Waals surface area contributed by atoms with Crippen molar-refractivity contribution in [2.75, 3.05) is 0 Å². The van der Waals surface area contributed by atoms with E-state index in [4.69, 9.17) is 9.84 Å². The number of rotatable bonds is 6. The summed E-state index contributed by atoms with van der Waals surface area (Å²) in [5, 5.41) is 11.9. The quantitative estimate of drug-likeness (QED) is 0.732. The predicted octanol–water partition coefficient (Wildman–Crippen LogP) is 2.67. The third-order valence-electron chi connectivity index (χ3n) is 2.85. The molecule has 2 N–H and O–H groups in total. The molecule has 0 bridgehead atoms. The standard InChI is InChI=1S/C14H18INO4/c1-4-8(2)16-13(17)9(3)20-12-6-5-10(15)7-11(12)14(18)19/h5-9H,4H2,1-3H3,(H,16,17)(H,18,19). The Bertz CT molecular complexity index is 504. The van der Waals surface area contributed by atoms with Crippen molar-refractivity contribution in [1.82, 2.24) is 5.32 Å². The summed E-state index contributed by atoms with van der Waals surface area (Å²) in [5.41, 5.74) is 0.0556. The summed E-state index contributed by atoms with van der Waals surface area (Å²) in [7, 11) is 0. The fraction of sp³-hybridized carbons (Fsp3) is 0.429.